The quantitative estimate of drug-likeness (QED) is 0.682. The Balaban J connectivity index is 1.45. The number of thiazole rings is 1. The second kappa shape index (κ2) is 8.41. The van der Waals surface area contributed by atoms with Crippen LogP contribution < -0.4 is 5.32 Å². The first kappa shape index (κ1) is 17.8. The van der Waals surface area contributed by atoms with E-state index in [-0.39, 0.29) is 11.9 Å². The van der Waals surface area contributed by atoms with Crippen LogP contribution in [0, 0.1) is 0 Å². The number of hydrogen-bond acceptors (Lipinski definition) is 5. The molecule has 1 saturated heterocycles. The van der Waals surface area contributed by atoms with Crippen LogP contribution in [0.5, 0.6) is 0 Å². The van der Waals surface area contributed by atoms with E-state index in [1.165, 1.54) is 5.56 Å². The molecule has 6 heteroatoms. The fraction of sp³-hybridized carbons (Fsp3) is 0.286. The Morgan fingerprint density at radius 3 is 2.74 bits per heavy atom. The minimum Gasteiger partial charge on any atom is -0.341 e. The Hall–Kier alpha value is -2.57. The molecule has 0 bridgehead atoms. The Morgan fingerprint density at radius 2 is 2.00 bits per heavy atom. The molecular formula is C21H22N4OS. The highest BCUT2D eigenvalue weighted by atomic mass is 32.1. The van der Waals surface area contributed by atoms with Crippen LogP contribution >= 0.6 is 11.3 Å². The Bertz CT molecular complexity index is 881. The third kappa shape index (κ3) is 4.40. The van der Waals surface area contributed by atoms with Gasteiger partial charge in [0.25, 0.3) is 0 Å². The molecule has 0 spiro atoms. The molecule has 5 nitrogen and oxygen atoms in total. The van der Waals surface area contributed by atoms with E-state index in [1.807, 2.05) is 41.3 Å². The molecular weight excluding hydrogens is 356 g/mol. The second-order valence-corrected chi connectivity index (χ2v) is 7.50. The zero-order valence-corrected chi connectivity index (χ0v) is 15.9. The molecule has 1 fully saturated rings. The first-order valence-electron chi connectivity index (χ1n) is 9.21. The molecule has 27 heavy (non-hydrogen) atoms. The van der Waals surface area contributed by atoms with Crippen molar-refractivity contribution >= 4 is 17.2 Å². The summed E-state index contributed by atoms with van der Waals surface area (Å²) in [5.41, 5.74) is 3.09. The summed E-state index contributed by atoms with van der Waals surface area (Å²) in [7, 11) is 0. The molecule has 0 aliphatic carbocycles. The number of pyridine rings is 1. The van der Waals surface area contributed by atoms with Gasteiger partial charge < -0.3 is 10.2 Å². The fourth-order valence-electron chi connectivity index (χ4n) is 3.31. The molecule has 1 unspecified atom stereocenters. The summed E-state index contributed by atoms with van der Waals surface area (Å²) in [6, 6.07) is 16.3. The van der Waals surface area contributed by atoms with E-state index >= 15 is 0 Å². The van der Waals surface area contributed by atoms with Crippen LogP contribution in [0.2, 0.25) is 0 Å². The maximum atomic E-state index is 12.1. The maximum absolute atomic E-state index is 12.1. The number of nitrogens with zero attached hydrogens (tertiary/aromatic N) is 3. The lowest BCUT2D eigenvalue weighted by Gasteiger charge is -2.25. The molecule has 1 atom stereocenters. The summed E-state index contributed by atoms with van der Waals surface area (Å²) in [5, 5.41) is 6.59. The van der Waals surface area contributed by atoms with Crippen molar-refractivity contribution in [3.8, 4) is 10.7 Å². The van der Waals surface area contributed by atoms with Crippen LogP contribution in [0.4, 0.5) is 0 Å². The number of amides is 1. The average molecular weight is 379 g/mol. The number of likely N-dealkylation sites (tertiary alicyclic amines) is 1. The van der Waals surface area contributed by atoms with Crippen molar-refractivity contribution < 1.29 is 4.79 Å². The number of carbonyl (C=O) groups is 1. The van der Waals surface area contributed by atoms with E-state index in [9.17, 15) is 4.79 Å². The lowest BCUT2D eigenvalue weighted by molar-refractivity contribution is -0.128. The molecule has 1 aliphatic rings. The van der Waals surface area contributed by atoms with Gasteiger partial charge >= 0.3 is 0 Å². The summed E-state index contributed by atoms with van der Waals surface area (Å²) < 4.78 is 0. The van der Waals surface area contributed by atoms with Gasteiger partial charge in [0.2, 0.25) is 5.91 Å². The van der Waals surface area contributed by atoms with E-state index in [2.05, 4.69) is 27.8 Å². The van der Waals surface area contributed by atoms with Gasteiger partial charge in [-0.15, -0.1) is 11.3 Å². The van der Waals surface area contributed by atoms with Gasteiger partial charge in [-0.3, -0.25) is 9.78 Å². The van der Waals surface area contributed by atoms with E-state index in [0.29, 0.717) is 19.5 Å². The van der Waals surface area contributed by atoms with Gasteiger partial charge in [0.05, 0.1) is 17.4 Å². The topological polar surface area (TPSA) is 58.1 Å². The van der Waals surface area contributed by atoms with Gasteiger partial charge in [-0.05, 0) is 24.1 Å². The summed E-state index contributed by atoms with van der Waals surface area (Å²) in [5.74, 6) is 0.254. The van der Waals surface area contributed by atoms with Crippen LogP contribution in [-0.2, 0) is 11.3 Å². The van der Waals surface area contributed by atoms with Crippen LogP contribution in [-0.4, -0.2) is 33.9 Å². The van der Waals surface area contributed by atoms with Gasteiger partial charge in [0.15, 0.2) is 0 Å². The summed E-state index contributed by atoms with van der Waals surface area (Å²) in [6.07, 6.45) is 3.41. The zero-order chi connectivity index (χ0) is 18.5. The SMILES string of the molecule is O=C1CCCN1CC(NCc1csc(-c2ccccn2)n1)c1ccccc1. The Morgan fingerprint density at radius 1 is 1.15 bits per heavy atom. The van der Waals surface area contributed by atoms with Crippen molar-refractivity contribution in [2.45, 2.75) is 25.4 Å². The van der Waals surface area contributed by atoms with Crippen LogP contribution in [0.25, 0.3) is 10.7 Å². The molecule has 2 aromatic heterocycles. The second-order valence-electron chi connectivity index (χ2n) is 6.65. The predicted octanol–water partition coefficient (Wildman–Crippen LogP) is 3.66. The van der Waals surface area contributed by atoms with Crippen molar-refractivity contribution in [1.29, 1.82) is 0 Å². The minimum absolute atomic E-state index is 0.0910. The lowest BCUT2D eigenvalue weighted by Crippen LogP contribution is -2.35. The van der Waals surface area contributed by atoms with Gasteiger partial charge in [0, 0.05) is 37.6 Å². The van der Waals surface area contributed by atoms with Crippen LogP contribution in [0.1, 0.15) is 30.1 Å². The monoisotopic (exact) mass is 378 g/mol. The average Bonchev–Trinajstić information content (AvgIpc) is 3.36. The highest BCUT2D eigenvalue weighted by Crippen LogP contribution is 2.23. The van der Waals surface area contributed by atoms with Crippen molar-refractivity contribution in [1.82, 2.24) is 20.2 Å². The summed E-state index contributed by atoms with van der Waals surface area (Å²) in [6.45, 7) is 2.20. The smallest absolute Gasteiger partial charge is 0.222 e. The van der Waals surface area contributed by atoms with Crippen molar-refractivity contribution in [2.75, 3.05) is 13.1 Å². The normalized spacial score (nSPS) is 15.3. The van der Waals surface area contributed by atoms with Gasteiger partial charge in [0.1, 0.15) is 5.01 Å². The molecule has 1 aromatic carbocycles. The number of rotatable bonds is 7. The van der Waals surface area contributed by atoms with E-state index < -0.39 is 0 Å². The molecule has 1 N–H and O–H groups in total. The summed E-state index contributed by atoms with van der Waals surface area (Å²) in [4.78, 5) is 23.1. The standard InChI is InChI=1S/C21H22N4OS/c26-20-10-6-12-25(20)14-19(16-7-2-1-3-8-16)23-13-17-15-27-21(24-17)18-9-4-5-11-22-18/h1-5,7-9,11,15,19,23H,6,10,12-14H2. The van der Waals surface area contributed by atoms with Crippen LogP contribution in [0.3, 0.4) is 0 Å². The third-order valence-corrected chi connectivity index (χ3v) is 5.66. The molecule has 0 saturated carbocycles. The highest BCUT2D eigenvalue weighted by molar-refractivity contribution is 7.13. The molecule has 1 aliphatic heterocycles. The number of hydrogen-bond donors (Lipinski definition) is 1. The molecule has 1 amide bonds. The van der Waals surface area contributed by atoms with Gasteiger partial charge in [-0.1, -0.05) is 36.4 Å². The number of benzene rings is 1. The van der Waals surface area contributed by atoms with Gasteiger partial charge in [-0.2, -0.15) is 0 Å². The first-order chi connectivity index (χ1) is 13.3. The Kier molecular flexibility index (Phi) is 5.55. The Labute approximate surface area is 163 Å². The largest absolute Gasteiger partial charge is 0.341 e. The zero-order valence-electron chi connectivity index (χ0n) is 15.0. The predicted molar refractivity (Wildman–Crippen MR) is 107 cm³/mol. The van der Waals surface area contributed by atoms with E-state index in [1.54, 1.807) is 17.5 Å². The third-order valence-electron chi connectivity index (χ3n) is 4.74. The van der Waals surface area contributed by atoms with Crippen molar-refractivity contribution in [3.63, 3.8) is 0 Å². The van der Waals surface area contributed by atoms with Crippen molar-refractivity contribution in [3.05, 3.63) is 71.4 Å². The van der Waals surface area contributed by atoms with Crippen molar-refractivity contribution in [2.24, 2.45) is 0 Å². The first-order valence-corrected chi connectivity index (χ1v) is 10.1. The molecule has 0 radical (unpaired) electrons. The number of nitrogens with one attached hydrogen (secondary N) is 1. The van der Waals surface area contributed by atoms with E-state index in [0.717, 1.165) is 29.4 Å². The molecule has 138 valence electrons. The molecule has 3 aromatic rings. The van der Waals surface area contributed by atoms with Crippen LogP contribution in [0.15, 0.2) is 60.1 Å². The number of aromatic nitrogens is 2. The fourth-order valence-corrected chi connectivity index (χ4v) is 4.11. The minimum atomic E-state index is 0.0910. The highest BCUT2D eigenvalue weighted by Gasteiger charge is 2.24. The van der Waals surface area contributed by atoms with Gasteiger partial charge in [-0.25, -0.2) is 4.98 Å². The molecule has 3 heterocycles. The molecule has 4 rings (SSSR count). The number of carbonyl (C=O) groups excluding carboxylic acids is 1. The summed E-state index contributed by atoms with van der Waals surface area (Å²) >= 11 is 1.61. The maximum Gasteiger partial charge on any atom is 0.222 e. The van der Waals surface area contributed by atoms with E-state index in [4.69, 9.17) is 4.98 Å². The lowest BCUT2D eigenvalue weighted by atomic mass is 10.1.